The lowest BCUT2D eigenvalue weighted by Gasteiger charge is -2.14. The zero-order valence-electron chi connectivity index (χ0n) is 18.0. The van der Waals surface area contributed by atoms with E-state index in [9.17, 15) is 14.4 Å². The van der Waals surface area contributed by atoms with Gasteiger partial charge in [-0.25, -0.2) is 4.68 Å². The fourth-order valence-corrected chi connectivity index (χ4v) is 3.84. The summed E-state index contributed by atoms with van der Waals surface area (Å²) in [5.41, 5.74) is 0.641. The third-order valence-electron chi connectivity index (χ3n) is 5.45. The molecule has 2 aromatic carbocycles. The predicted molar refractivity (Wildman–Crippen MR) is 122 cm³/mol. The smallest absolute Gasteiger partial charge is 0.276 e. The van der Waals surface area contributed by atoms with E-state index in [-0.39, 0.29) is 23.3 Å². The molecule has 1 unspecified atom stereocenters. The summed E-state index contributed by atoms with van der Waals surface area (Å²) in [6.07, 6.45) is 2.65. The number of nitrogens with one attached hydrogen (secondary N) is 2. The average Bonchev–Trinajstić information content (AvgIpc) is 3.33. The lowest BCUT2D eigenvalue weighted by molar-refractivity contribution is 0.0858. The summed E-state index contributed by atoms with van der Waals surface area (Å²) in [5, 5.41) is 10.9. The van der Waals surface area contributed by atoms with Crippen molar-refractivity contribution in [1.29, 1.82) is 0 Å². The third kappa shape index (κ3) is 4.55. The minimum absolute atomic E-state index is 0.0240. The number of rotatable bonds is 7. The summed E-state index contributed by atoms with van der Waals surface area (Å²) in [6, 6.07) is 13.7. The zero-order chi connectivity index (χ0) is 22.5. The highest BCUT2D eigenvalue weighted by Gasteiger charge is 2.21. The maximum Gasteiger partial charge on any atom is 0.276 e. The molecule has 0 spiro atoms. The van der Waals surface area contributed by atoms with Crippen LogP contribution in [-0.4, -0.2) is 40.9 Å². The van der Waals surface area contributed by atoms with Crippen LogP contribution in [-0.2, 0) is 11.3 Å². The van der Waals surface area contributed by atoms with E-state index in [4.69, 9.17) is 4.74 Å². The number of aromatic nitrogens is 2. The summed E-state index contributed by atoms with van der Waals surface area (Å²) in [7, 11) is 0. The molecule has 1 aliphatic heterocycles. The molecule has 1 atom stereocenters. The second-order valence-corrected chi connectivity index (χ2v) is 7.77. The minimum Gasteiger partial charge on any atom is -0.376 e. The van der Waals surface area contributed by atoms with Crippen molar-refractivity contribution in [2.24, 2.45) is 0 Å². The molecular weight excluding hydrogens is 408 g/mol. The average molecular weight is 434 g/mol. The molecule has 0 radical (unpaired) electrons. The van der Waals surface area contributed by atoms with Gasteiger partial charge >= 0.3 is 0 Å². The maximum atomic E-state index is 13.2. The van der Waals surface area contributed by atoms with Crippen LogP contribution in [0, 0.1) is 0 Å². The van der Waals surface area contributed by atoms with Crippen molar-refractivity contribution in [3.63, 3.8) is 0 Å². The van der Waals surface area contributed by atoms with Gasteiger partial charge in [-0.05, 0) is 37.5 Å². The van der Waals surface area contributed by atoms with Crippen molar-refractivity contribution in [2.75, 3.05) is 18.5 Å². The fourth-order valence-electron chi connectivity index (χ4n) is 3.84. The number of ether oxygens (including phenoxy) is 1. The van der Waals surface area contributed by atoms with Gasteiger partial charge in [-0.2, -0.15) is 5.10 Å². The molecule has 2 amide bonds. The molecule has 2 heterocycles. The molecule has 1 fully saturated rings. The van der Waals surface area contributed by atoms with Crippen LogP contribution in [0.25, 0.3) is 10.8 Å². The molecule has 1 saturated heterocycles. The lowest BCUT2D eigenvalue weighted by Crippen LogP contribution is -2.32. The molecule has 0 saturated carbocycles. The van der Waals surface area contributed by atoms with Crippen LogP contribution in [0.1, 0.15) is 47.0 Å². The minimum atomic E-state index is -0.481. The monoisotopic (exact) mass is 434 g/mol. The first-order valence-electron chi connectivity index (χ1n) is 10.9. The second kappa shape index (κ2) is 9.74. The first kappa shape index (κ1) is 21.7. The number of aryl methyl sites for hydroxylation is 1. The molecular formula is C24H26N4O4. The Labute approximate surface area is 185 Å². The normalized spacial score (nSPS) is 15.6. The van der Waals surface area contributed by atoms with Gasteiger partial charge in [0.25, 0.3) is 17.4 Å². The summed E-state index contributed by atoms with van der Waals surface area (Å²) in [4.78, 5) is 38.6. The number of carbonyl (C=O) groups excluding carboxylic acids is 2. The molecule has 8 nitrogen and oxygen atoms in total. The number of nitrogens with zero attached hydrogens (tertiary/aromatic N) is 2. The van der Waals surface area contributed by atoms with Gasteiger partial charge in [-0.1, -0.05) is 37.3 Å². The van der Waals surface area contributed by atoms with Crippen LogP contribution in [0.15, 0.2) is 53.3 Å². The zero-order valence-corrected chi connectivity index (χ0v) is 18.0. The summed E-state index contributed by atoms with van der Waals surface area (Å²) in [5.74, 6) is -0.768. The first-order valence-corrected chi connectivity index (χ1v) is 10.9. The SMILES string of the molecule is CCCn1nc(C(=O)Nc2ccccc2C(=O)NCC2CCCO2)c2ccccc2c1=O. The maximum absolute atomic E-state index is 13.2. The van der Waals surface area contributed by atoms with Crippen molar-refractivity contribution < 1.29 is 14.3 Å². The van der Waals surface area contributed by atoms with E-state index in [0.717, 1.165) is 12.8 Å². The predicted octanol–water partition coefficient (Wildman–Crippen LogP) is 2.97. The topological polar surface area (TPSA) is 102 Å². The van der Waals surface area contributed by atoms with E-state index in [1.54, 1.807) is 48.5 Å². The Kier molecular flexibility index (Phi) is 6.61. The van der Waals surface area contributed by atoms with Gasteiger partial charge < -0.3 is 15.4 Å². The number of hydrogen-bond donors (Lipinski definition) is 2. The number of fused-ring (bicyclic) bond motifs is 1. The Morgan fingerprint density at radius 1 is 1.09 bits per heavy atom. The quantitative estimate of drug-likeness (QED) is 0.595. The molecule has 4 rings (SSSR count). The van der Waals surface area contributed by atoms with Crippen LogP contribution >= 0.6 is 0 Å². The van der Waals surface area contributed by atoms with Crippen LogP contribution in [0.5, 0.6) is 0 Å². The highest BCUT2D eigenvalue weighted by Crippen LogP contribution is 2.19. The summed E-state index contributed by atoms with van der Waals surface area (Å²) >= 11 is 0. The Morgan fingerprint density at radius 3 is 2.59 bits per heavy atom. The standard InChI is InChI=1S/C24H26N4O4/c1-2-13-28-24(31)18-10-4-3-9-17(18)21(27-28)23(30)26-20-12-6-5-11-19(20)22(29)25-15-16-8-7-14-32-16/h3-6,9-12,16H,2,7-8,13-15H2,1H3,(H,25,29)(H,26,30). The van der Waals surface area contributed by atoms with Crippen LogP contribution < -0.4 is 16.2 Å². The van der Waals surface area contributed by atoms with Crippen LogP contribution in [0.3, 0.4) is 0 Å². The van der Waals surface area contributed by atoms with Crippen molar-refractivity contribution in [3.8, 4) is 0 Å². The molecule has 0 aliphatic carbocycles. The van der Waals surface area contributed by atoms with Gasteiger partial charge in [0.1, 0.15) is 0 Å². The Bertz CT molecular complexity index is 1200. The number of amides is 2. The molecule has 1 aromatic heterocycles. The Balaban J connectivity index is 1.61. The van der Waals surface area contributed by atoms with Gasteiger partial charge in [-0.15, -0.1) is 0 Å². The van der Waals surface area contributed by atoms with E-state index in [1.165, 1.54) is 4.68 Å². The van der Waals surface area contributed by atoms with Crippen molar-refractivity contribution in [3.05, 3.63) is 70.1 Å². The highest BCUT2D eigenvalue weighted by molar-refractivity contribution is 6.13. The van der Waals surface area contributed by atoms with Crippen molar-refractivity contribution >= 4 is 28.3 Å². The van der Waals surface area contributed by atoms with Gasteiger partial charge in [0.2, 0.25) is 0 Å². The molecule has 8 heteroatoms. The van der Waals surface area contributed by atoms with Gasteiger partial charge in [0, 0.05) is 25.1 Å². The number of carbonyl (C=O) groups is 2. The van der Waals surface area contributed by atoms with E-state index in [2.05, 4.69) is 15.7 Å². The van der Waals surface area contributed by atoms with E-state index in [1.807, 2.05) is 6.92 Å². The number of hydrogen-bond acceptors (Lipinski definition) is 5. The summed E-state index contributed by atoms with van der Waals surface area (Å²) in [6.45, 7) is 3.49. The highest BCUT2D eigenvalue weighted by atomic mass is 16.5. The lowest BCUT2D eigenvalue weighted by atomic mass is 10.1. The van der Waals surface area contributed by atoms with Gasteiger partial charge in [0.15, 0.2) is 5.69 Å². The Morgan fingerprint density at radius 2 is 1.84 bits per heavy atom. The molecule has 2 N–H and O–H groups in total. The molecule has 3 aromatic rings. The van der Waals surface area contributed by atoms with Crippen molar-refractivity contribution in [2.45, 2.75) is 38.8 Å². The third-order valence-corrected chi connectivity index (χ3v) is 5.45. The van der Waals surface area contributed by atoms with Crippen LogP contribution in [0.2, 0.25) is 0 Å². The van der Waals surface area contributed by atoms with Crippen molar-refractivity contribution in [1.82, 2.24) is 15.1 Å². The fraction of sp³-hybridized carbons (Fsp3) is 0.333. The second-order valence-electron chi connectivity index (χ2n) is 7.77. The van der Waals surface area contributed by atoms with Crippen LogP contribution in [0.4, 0.5) is 5.69 Å². The number of anilines is 1. The van der Waals surface area contributed by atoms with Gasteiger partial charge in [-0.3, -0.25) is 14.4 Å². The van der Waals surface area contributed by atoms with E-state index < -0.39 is 5.91 Å². The molecule has 1 aliphatic rings. The molecule has 0 bridgehead atoms. The summed E-state index contributed by atoms with van der Waals surface area (Å²) < 4.78 is 6.87. The first-order chi connectivity index (χ1) is 15.6. The van der Waals surface area contributed by atoms with Gasteiger partial charge in [0.05, 0.1) is 22.7 Å². The number of para-hydroxylation sites is 1. The molecule has 32 heavy (non-hydrogen) atoms. The largest absolute Gasteiger partial charge is 0.376 e. The van der Waals surface area contributed by atoms with E-state index in [0.29, 0.717) is 48.1 Å². The molecule has 166 valence electrons. The Hall–Kier alpha value is -3.52. The number of benzene rings is 2. The van der Waals surface area contributed by atoms with E-state index >= 15 is 0 Å².